The minimum Gasteiger partial charge on any atom is -0.428 e. The third-order valence-electron chi connectivity index (χ3n) is 6.31. The van der Waals surface area contributed by atoms with Crippen LogP contribution in [0.5, 0.6) is 0 Å². The number of nitriles is 1. The molecule has 3 aliphatic rings. The SMILES string of the molecule is Cc1ccc2/c(=N/C(=NC#N)N3CCN(C(=O)Nc4ccc(Cl)cc4)CC3C(C)C)cccc-2n1O. The van der Waals surface area contributed by atoms with E-state index >= 15 is 0 Å². The smallest absolute Gasteiger partial charge is 0.321 e. The molecule has 1 atom stereocenters. The Morgan fingerprint density at radius 3 is 2.61 bits per heavy atom. The zero-order valence-corrected chi connectivity index (χ0v) is 21.1. The van der Waals surface area contributed by atoms with Crippen molar-refractivity contribution < 1.29 is 10.0 Å². The van der Waals surface area contributed by atoms with Crippen LogP contribution in [-0.4, -0.2) is 57.4 Å². The number of nitrogens with one attached hydrogen (secondary N) is 1. The molecule has 9 nitrogen and oxygen atoms in total. The van der Waals surface area contributed by atoms with Gasteiger partial charge in [0.2, 0.25) is 12.2 Å². The second-order valence-corrected chi connectivity index (χ2v) is 9.44. The predicted molar refractivity (Wildman–Crippen MR) is 139 cm³/mol. The highest BCUT2D eigenvalue weighted by molar-refractivity contribution is 6.30. The maximum atomic E-state index is 13.0. The lowest BCUT2D eigenvalue weighted by atomic mass is 10.00. The van der Waals surface area contributed by atoms with Gasteiger partial charge in [-0.15, -0.1) is 4.99 Å². The molecule has 10 heteroatoms. The summed E-state index contributed by atoms with van der Waals surface area (Å²) in [6.45, 7) is 7.29. The zero-order valence-electron chi connectivity index (χ0n) is 20.4. The molecule has 0 bridgehead atoms. The minimum atomic E-state index is -0.199. The minimum absolute atomic E-state index is 0.106. The average molecular weight is 506 g/mol. The fourth-order valence-electron chi connectivity index (χ4n) is 4.31. The number of aliphatic imine (C=N–C) groups is 1. The second kappa shape index (κ2) is 10.7. The predicted octanol–water partition coefficient (Wildman–Crippen LogP) is 4.40. The first-order valence-corrected chi connectivity index (χ1v) is 12.1. The number of hydrogen-bond acceptors (Lipinski definition) is 4. The highest BCUT2D eigenvalue weighted by Crippen LogP contribution is 2.22. The molecule has 2 heterocycles. The van der Waals surface area contributed by atoms with Gasteiger partial charge < -0.3 is 20.3 Å². The molecule has 0 aromatic heterocycles. The Hall–Kier alpha value is -4.03. The summed E-state index contributed by atoms with van der Waals surface area (Å²) in [6, 6.07) is 15.8. The maximum Gasteiger partial charge on any atom is 0.321 e. The van der Waals surface area contributed by atoms with Gasteiger partial charge in [0, 0.05) is 35.9 Å². The van der Waals surface area contributed by atoms with Crippen LogP contribution in [0.4, 0.5) is 10.5 Å². The summed E-state index contributed by atoms with van der Waals surface area (Å²) in [5.41, 5.74) is 2.70. The number of amides is 2. The Balaban J connectivity index is 1.61. The van der Waals surface area contributed by atoms with E-state index in [1.165, 1.54) is 0 Å². The normalized spacial score (nSPS) is 16.9. The maximum absolute atomic E-state index is 13.0. The average Bonchev–Trinajstić information content (AvgIpc) is 2.87. The highest BCUT2D eigenvalue weighted by atomic mass is 35.5. The van der Waals surface area contributed by atoms with Gasteiger partial charge in [0.1, 0.15) is 0 Å². The Morgan fingerprint density at radius 1 is 1.17 bits per heavy atom. The molecular weight excluding hydrogens is 478 g/mol. The fraction of sp³-hybridized carbons (Fsp3) is 0.308. The summed E-state index contributed by atoms with van der Waals surface area (Å²) >= 11 is 5.94. The number of guanidine groups is 1. The van der Waals surface area contributed by atoms with Crippen molar-refractivity contribution in [3.8, 4) is 17.5 Å². The molecule has 1 aromatic rings. The largest absolute Gasteiger partial charge is 0.428 e. The number of nitrogens with zero attached hydrogens (tertiary/aromatic N) is 6. The molecule has 2 aliphatic heterocycles. The van der Waals surface area contributed by atoms with Crippen molar-refractivity contribution in [3.05, 3.63) is 70.7 Å². The van der Waals surface area contributed by atoms with Crippen LogP contribution in [0.1, 0.15) is 19.5 Å². The van der Waals surface area contributed by atoms with Gasteiger partial charge in [-0.1, -0.05) is 31.5 Å². The van der Waals surface area contributed by atoms with E-state index in [1.54, 1.807) is 47.4 Å². The number of rotatable bonds is 2. The van der Waals surface area contributed by atoms with Crippen molar-refractivity contribution in [1.82, 2.24) is 14.5 Å². The number of piperazine rings is 1. The van der Waals surface area contributed by atoms with Crippen LogP contribution in [0.2, 0.25) is 5.02 Å². The number of anilines is 1. The van der Waals surface area contributed by atoms with Crippen molar-refractivity contribution in [2.45, 2.75) is 26.8 Å². The summed E-state index contributed by atoms with van der Waals surface area (Å²) in [4.78, 5) is 25.5. The molecule has 0 spiro atoms. The van der Waals surface area contributed by atoms with E-state index in [9.17, 15) is 15.3 Å². The van der Waals surface area contributed by atoms with Gasteiger partial charge in [0.25, 0.3) is 0 Å². The molecule has 2 amide bonds. The van der Waals surface area contributed by atoms with E-state index < -0.39 is 0 Å². The highest BCUT2D eigenvalue weighted by Gasteiger charge is 2.33. The topological polar surface area (TPSA) is 109 Å². The lowest BCUT2D eigenvalue weighted by Crippen LogP contribution is -2.58. The van der Waals surface area contributed by atoms with Crippen LogP contribution in [0.3, 0.4) is 0 Å². The van der Waals surface area contributed by atoms with Crippen LogP contribution in [0.15, 0.2) is 64.6 Å². The van der Waals surface area contributed by atoms with Gasteiger partial charge in [-0.3, -0.25) is 0 Å². The molecular formula is C26H28ClN7O2. The third kappa shape index (κ3) is 5.29. The number of aromatic nitrogens is 1. The van der Waals surface area contributed by atoms with Crippen molar-refractivity contribution in [2.75, 3.05) is 25.0 Å². The number of halogens is 1. The molecule has 36 heavy (non-hydrogen) atoms. The molecule has 1 fully saturated rings. The third-order valence-corrected chi connectivity index (χ3v) is 6.56. The number of carbonyl (C=O) groups is 1. The number of pyridine rings is 1. The number of hydrogen-bond donors (Lipinski definition) is 2. The Morgan fingerprint density at radius 2 is 1.92 bits per heavy atom. The Kier molecular flexibility index (Phi) is 7.46. The van der Waals surface area contributed by atoms with Gasteiger partial charge in [0.05, 0.1) is 22.8 Å². The van der Waals surface area contributed by atoms with Gasteiger partial charge in [-0.2, -0.15) is 9.99 Å². The van der Waals surface area contributed by atoms with E-state index in [0.29, 0.717) is 47.1 Å². The standard InChI is InChI=1S/C26H28ClN7O2/c1-17(2)24-15-32(26(35)30-20-10-8-19(27)9-11-20)13-14-33(24)25(29-16-28)31-22-5-4-6-23-21(22)12-7-18(3)34(23)36/h4-12,17,24,36H,13-15H2,1-3H3,(H,30,35)/b29-25?,31-22+. The van der Waals surface area contributed by atoms with Crippen molar-refractivity contribution in [2.24, 2.45) is 15.9 Å². The van der Waals surface area contributed by atoms with Gasteiger partial charge >= 0.3 is 6.03 Å². The Bertz CT molecular complexity index is 1360. The first-order chi connectivity index (χ1) is 17.3. The van der Waals surface area contributed by atoms with Gasteiger partial charge in [-0.05, 0) is 61.4 Å². The summed E-state index contributed by atoms with van der Waals surface area (Å²) in [5.74, 6) is 0.441. The van der Waals surface area contributed by atoms with E-state index in [-0.39, 0.29) is 24.0 Å². The van der Waals surface area contributed by atoms with Crippen molar-refractivity contribution in [1.29, 1.82) is 5.26 Å². The summed E-state index contributed by atoms with van der Waals surface area (Å²) in [5, 5.41) is 24.0. The van der Waals surface area contributed by atoms with Crippen LogP contribution < -0.4 is 10.7 Å². The van der Waals surface area contributed by atoms with Crippen molar-refractivity contribution >= 4 is 29.3 Å². The Labute approximate surface area is 214 Å². The molecule has 1 aliphatic carbocycles. The van der Waals surface area contributed by atoms with Crippen LogP contribution in [0, 0.1) is 24.3 Å². The van der Waals surface area contributed by atoms with Crippen LogP contribution in [-0.2, 0) is 0 Å². The number of aryl methyl sites for hydroxylation is 1. The van der Waals surface area contributed by atoms with Gasteiger partial charge in [-0.25, -0.2) is 9.79 Å². The van der Waals surface area contributed by atoms with Crippen LogP contribution >= 0.6 is 11.6 Å². The number of carbonyl (C=O) groups excluding carboxylic acids is 1. The van der Waals surface area contributed by atoms with E-state index in [4.69, 9.17) is 16.6 Å². The monoisotopic (exact) mass is 505 g/mol. The first-order valence-electron chi connectivity index (χ1n) is 11.7. The molecule has 1 saturated heterocycles. The second-order valence-electron chi connectivity index (χ2n) is 9.01. The first kappa shape index (κ1) is 25.1. The van der Waals surface area contributed by atoms with Gasteiger partial charge in [0.15, 0.2) is 0 Å². The number of urea groups is 1. The number of fused-ring (bicyclic) bond motifs is 1. The molecule has 1 unspecified atom stereocenters. The van der Waals surface area contributed by atoms with Crippen molar-refractivity contribution in [3.63, 3.8) is 0 Å². The summed E-state index contributed by atoms with van der Waals surface area (Å²) < 4.78 is 1.12. The lowest BCUT2D eigenvalue weighted by molar-refractivity contribution is 0.119. The summed E-state index contributed by atoms with van der Waals surface area (Å²) in [6.07, 6.45) is 1.88. The lowest BCUT2D eigenvalue weighted by Gasteiger charge is -2.43. The zero-order chi connectivity index (χ0) is 25.8. The summed E-state index contributed by atoms with van der Waals surface area (Å²) in [7, 11) is 0. The molecule has 0 saturated carbocycles. The number of benzene rings is 2. The fourth-order valence-corrected chi connectivity index (χ4v) is 4.44. The molecule has 1 aromatic carbocycles. The molecule has 186 valence electrons. The molecule has 0 radical (unpaired) electrons. The molecule has 2 N–H and O–H groups in total. The van der Waals surface area contributed by atoms with E-state index in [2.05, 4.69) is 24.2 Å². The quantitative estimate of drug-likeness (QED) is 0.233. The van der Waals surface area contributed by atoms with Crippen LogP contribution in [0.25, 0.3) is 11.3 Å². The van der Waals surface area contributed by atoms with E-state index in [1.807, 2.05) is 30.1 Å². The van der Waals surface area contributed by atoms with E-state index in [0.717, 1.165) is 10.3 Å². The molecule has 4 rings (SSSR count).